The number of allylic oxidation sites excluding steroid dienone is 3. The van der Waals surface area contributed by atoms with Gasteiger partial charge in [0.15, 0.2) is 0 Å². The first-order valence-corrected chi connectivity index (χ1v) is 7.70. The van der Waals surface area contributed by atoms with Crippen molar-refractivity contribution in [3.63, 3.8) is 0 Å². The Labute approximate surface area is 137 Å². The van der Waals surface area contributed by atoms with Crippen molar-refractivity contribution in [3.05, 3.63) is 90.8 Å². The molecule has 3 nitrogen and oxygen atoms in total. The largest absolute Gasteiger partial charge is 0.368 e. The lowest BCUT2D eigenvalue weighted by atomic mass is 10.2. The molecule has 0 aliphatic carbocycles. The third-order valence-corrected chi connectivity index (χ3v) is 3.70. The van der Waals surface area contributed by atoms with Crippen molar-refractivity contribution in [2.75, 3.05) is 22.2 Å². The predicted molar refractivity (Wildman–Crippen MR) is 99.6 cm³/mol. The fourth-order valence-corrected chi connectivity index (χ4v) is 2.54. The summed E-state index contributed by atoms with van der Waals surface area (Å²) < 4.78 is 0. The number of nitrogens with one attached hydrogen (secondary N) is 2. The van der Waals surface area contributed by atoms with Crippen LogP contribution >= 0.6 is 0 Å². The Morgan fingerprint density at radius 3 is 2.70 bits per heavy atom. The van der Waals surface area contributed by atoms with Crippen molar-refractivity contribution in [2.45, 2.75) is 6.92 Å². The molecule has 0 radical (unpaired) electrons. The molecule has 2 aromatic rings. The minimum absolute atomic E-state index is 0.653. The van der Waals surface area contributed by atoms with Gasteiger partial charge in [-0.3, -0.25) is 0 Å². The van der Waals surface area contributed by atoms with Crippen molar-refractivity contribution >= 4 is 17.1 Å². The summed E-state index contributed by atoms with van der Waals surface area (Å²) in [6.45, 7) is 6.84. The summed E-state index contributed by atoms with van der Waals surface area (Å²) in [4.78, 5) is 2.08. The SMILES string of the molecule is C=C1C=CC=CN1c1ccccc1NCNc1cccc(C)c1. The molecule has 0 fully saturated rings. The predicted octanol–water partition coefficient (Wildman–Crippen LogP) is 4.88. The summed E-state index contributed by atoms with van der Waals surface area (Å²) in [5.74, 6) is 0. The Hall–Kier alpha value is -2.94. The van der Waals surface area contributed by atoms with Crippen LogP contribution in [0.4, 0.5) is 17.1 Å². The molecular weight excluding hydrogens is 282 g/mol. The number of aryl methyl sites for hydroxylation is 1. The summed E-state index contributed by atoms with van der Waals surface area (Å²) in [5, 5.41) is 6.84. The summed E-state index contributed by atoms with van der Waals surface area (Å²) in [5.41, 5.74) is 5.46. The van der Waals surface area contributed by atoms with Crippen molar-refractivity contribution in [3.8, 4) is 0 Å². The first-order valence-electron chi connectivity index (χ1n) is 7.70. The van der Waals surface area contributed by atoms with Gasteiger partial charge in [0.25, 0.3) is 0 Å². The van der Waals surface area contributed by atoms with Crippen LogP contribution in [0.1, 0.15) is 5.56 Å². The number of nitrogens with zero attached hydrogens (tertiary/aromatic N) is 1. The normalized spacial score (nSPS) is 13.3. The third kappa shape index (κ3) is 3.64. The molecule has 1 aliphatic heterocycles. The highest BCUT2D eigenvalue weighted by Crippen LogP contribution is 2.30. The summed E-state index contributed by atoms with van der Waals surface area (Å²) >= 11 is 0. The van der Waals surface area contributed by atoms with Gasteiger partial charge in [0, 0.05) is 17.6 Å². The molecule has 1 aliphatic rings. The topological polar surface area (TPSA) is 27.3 Å². The second-order valence-electron chi connectivity index (χ2n) is 5.48. The minimum atomic E-state index is 0.653. The Bertz CT molecular complexity index is 759. The maximum Gasteiger partial charge on any atom is 0.0850 e. The van der Waals surface area contributed by atoms with E-state index < -0.39 is 0 Å². The first kappa shape index (κ1) is 15.0. The van der Waals surface area contributed by atoms with Crippen molar-refractivity contribution in [1.29, 1.82) is 0 Å². The lowest BCUT2D eigenvalue weighted by Crippen LogP contribution is -2.18. The van der Waals surface area contributed by atoms with Gasteiger partial charge in [0.05, 0.1) is 18.0 Å². The lowest BCUT2D eigenvalue weighted by molar-refractivity contribution is 1.16. The molecule has 0 spiro atoms. The van der Waals surface area contributed by atoms with Crippen LogP contribution < -0.4 is 15.5 Å². The van der Waals surface area contributed by atoms with Crippen LogP contribution in [0.15, 0.2) is 85.2 Å². The minimum Gasteiger partial charge on any atom is -0.368 e. The van der Waals surface area contributed by atoms with Gasteiger partial charge in [-0.05, 0) is 48.9 Å². The smallest absolute Gasteiger partial charge is 0.0850 e. The van der Waals surface area contributed by atoms with Crippen LogP contribution in [-0.4, -0.2) is 6.67 Å². The van der Waals surface area contributed by atoms with E-state index in [1.54, 1.807) is 0 Å². The van der Waals surface area contributed by atoms with E-state index >= 15 is 0 Å². The molecule has 0 saturated heterocycles. The number of rotatable bonds is 5. The Balaban J connectivity index is 1.70. The van der Waals surface area contributed by atoms with Crippen LogP contribution in [0.5, 0.6) is 0 Å². The van der Waals surface area contributed by atoms with E-state index in [-0.39, 0.29) is 0 Å². The maximum atomic E-state index is 4.10. The quantitative estimate of drug-likeness (QED) is 0.771. The van der Waals surface area contributed by atoms with Gasteiger partial charge in [-0.1, -0.05) is 36.9 Å². The Kier molecular flexibility index (Phi) is 4.48. The molecule has 0 atom stereocenters. The fourth-order valence-electron chi connectivity index (χ4n) is 2.54. The molecule has 0 amide bonds. The molecule has 0 aromatic heterocycles. The summed E-state index contributed by atoms with van der Waals surface area (Å²) in [7, 11) is 0. The Morgan fingerprint density at radius 2 is 1.87 bits per heavy atom. The summed E-state index contributed by atoms with van der Waals surface area (Å²) in [6.07, 6.45) is 8.03. The molecular formula is C20H21N3. The number of benzene rings is 2. The second-order valence-corrected chi connectivity index (χ2v) is 5.48. The van der Waals surface area contributed by atoms with Crippen molar-refractivity contribution in [2.24, 2.45) is 0 Å². The van der Waals surface area contributed by atoms with E-state index in [1.165, 1.54) is 5.56 Å². The molecule has 0 bridgehead atoms. The zero-order valence-corrected chi connectivity index (χ0v) is 13.3. The second kappa shape index (κ2) is 6.88. The zero-order valence-electron chi connectivity index (χ0n) is 13.3. The van der Waals surface area contributed by atoms with Crippen molar-refractivity contribution in [1.82, 2.24) is 0 Å². The summed E-state index contributed by atoms with van der Waals surface area (Å²) in [6, 6.07) is 16.6. The molecule has 2 N–H and O–H groups in total. The van der Waals surface area contributed by atoms with E-state index in [9.17, 15) is 0 Å². The average Bonchev–Trinajstić information content (AvgIpc) is 2.56. The molecule has 0 unspecified atom stereocenters. The zero-order chi connectivity index (χ0) is 16.1. The van der Waals surface area contributed by atoms with Crippen LogP contribution in [0.3, 0.4) is 0 Å². The van der Waals surface area contributed by atoms with Gasteiger partial charge in [-0.2, -0.15) is 0 Å². The van der Waals surface area contributed by atoms with Gasteiger partial charge in [-0.25, -0.2) is 0 Å². The van der Waals surface area contributed by atoms with E-state index in [1.807, 2.05) is 36.6 Å². The average molecular weight is 303 g/mol. The molecule has 116 valence electrons. The highest BCUT2D eigenvalue weighted by atomic mass is 15.2. The van der Waals surface area contributed by atoms with Crippen molar-refractivity contribution < 1.29 is 0 Å². The van der Waals surface area contributed by atoms with E-state index in [0.717, 1.165) is 22.8 Å². The Morgan fingerprint density at radius 1 is 1.00 bits per heavy atom. The third-order valence-electron chi connectivity index (χ3n) is 3.70. The standard InChI is InChI=1S/C20H21N3/c1-16-8-7-10-18(14-16)21-15-22-19-11-3-4-12-20(19)23-13-6-5-9-17(23)2/h3-14,21-22H,2,15H2,1H3. The number of hydrogen-bond donors (Lipinski definition) is 2. The lowest BCUT2D eigenvalue weighted by Gasteiger charge is -2.25. The van der Waals surface area contributed by atoms with Gasteiger partial charge in [-0.15, -0.1) is 0 Å². The van der Waals surface area contributed by atoms with Gasteiger partial charge in [0.2, 0.25) is 0 Å². The highest BCUT2D eigenvalue weighted by molar-refractivity contribution is 5.75. The van der Waals surface area contributed by atoms with Gasteiger partial charge in [0.1, 0.15) is 0 Å². The van der Waals surface area contributed by atoms with Crippen LogP contribution in [0.25, 0.3) is 0 Å². The number of anilines is 3. The fraction of sp³-hybridized carbons (Fsp3) is 0.100. The molecule has 2 aromatic carbocycles. The first-order chi connectivity index (χ1) is 11.2. The van der Waals surface area contributed by atoms with Gasteiger partial charge < -0.3 is 15.5 Å². The number of para-hydroxylation sites is 2. The van der Waals surface area contributed by atoms with E-state index in [0.29, 0.717) is 6.67 Å². The molecule has 3 rings (SSSR count). The van der Waals surface area contributed by atoms with Crippen LogP contribution in [-0.2, 0) is 0 Å². The van der Waals surface area contributed by atoms with Gasteiger partial charge >= 0.3 is 0 Å². The molecule has 3 heteroatoms. The number of hydrogen-bond acceptors (Lipinski definition) is 3. The molecule has 1 heterocycles. The molecule has 0 saturated carbocycles. The highest BCUT2D eigenvalue weighted by Gasteiger charge is 2.11. The van der Waals surface area contributed by atoms with E-state index in [4.69, 9.17) is 0 Å². The molecule has 23 heavy (non-hydrogen) atoms. The monoisotopic (exact) mass is 303 g/mol. The maximum absolute atomic E-state index is 4.10. The van der Waals surface area contributed by atoms with Crippen LogP contribution in [0.2, 0.25) is 0 Å². The van der Waals surface area contributed by atoms with E-state index in [2.05, 4.69) is 65.4 Å². The van der Waals surface area contributed by atoms with Crippen LogP contribution in [0, 0.1) is 6.92 Å².